The second kappa shape index (κ2) is 5.43. The number of nitrogens with two attached hydrogens (primary N) is 1. The minimum absolute atomic E-state index is 0.0281. The van der Waals surface area contributed by atoms with Gasteiger partial charge in [-0.15, -0.1) is 0 Å². The molecule has 118 valence electrons. The fourth-order valence-electron chi connectivity index (χ4n) is 3.14. The van der Waals surface area contributed by atoms with Crippen LogP contribution >= 0.6 is 0 Å². The van der Waals surface area contributed by atoms with E-state index in [1.807, 2.05) is 55.7 Å². The lowest BCUT2D eigenvalue weighted by atomic mass is 10.1. The normalized spacial score (nSPS) is 11.1. The van der Waals surface area contributed by atoms with Gasteiger partial charge in [-0.1, -0.05) is 18.2 Å². The molecule has 2 aromatic heterocycles. The maximum atomic E-state index is 11.8. The average molecular weight is 309 g/mol. The fraction of sp³-hybridized carbons (Fsp3) is 0.222. The monoisotopic (exact) mass is 309 g/mol. The Bertz CT molecular complexity index is 902. The minimum Gasteiger partial charge on any atom is -0.493 e. The second-order valence-electron chi connectivity index (χ2n) is 5.81. The lowest BCUT2D eigenvalue weighted by Gasteiger charge is -2.13. The predicted octanol–water partition coefficient (Wildman–Crippen LogP) is 2.81. The molecule has 0 aliphatic carbocycles. The number of amides is 1. The molecule has 0 aliphatic rings. The quantitative estimate of drug-likeness (QED) is 0.780. The molecule has 0 aliphatic heterocycles. The van der Waals surface area contributed by atoms with Gasteiger partial charge in [-0.05, 0) is 38.5 Å². The van der Waals surface area contributed by atoms with Crippen molar-refractivity contribution in [2.45, 2.75) is 27.3 Å². The molecular formula is C18H19N3O2. The number of rotatable bonds is 3. The lowest BCUT2D eigenvalue weighted by molar-refractivity contribution is 0.100. The topological polar surface area (TPSA) is 81.1 Å². The summed E-state index contributed by atoms with van der Waals surface area (Å²) in [6, 6.07) is 9.57. The Kier molecular flexibility index (Phi) is 3.56. The number of aromatic hydroxyl groups is 1. The van der Waals surface area contributed by atoms with Crippen LogP contribution in [0.2, 0.25) is 0 Å². The van der Waals surface area contributed by atoms with E-state index in [0.29, 0.717) is 12.1 Å². The van der Waals surface area contributed by atoms with Gasteiger partial charge in [0.05, 0.1) is 12.1 Å². The summed E-state index contributed by atoms with van der Waals surface area (Å²) in [4.78, 5) is 16.0. The highest BCUT2D eigenvalue weighted by molar-refractivity contribution is 6.07. The van der Waals surface area contributed by atoms with E-state index >= 15 is 0 Å². The molecule has 2 heterocycles. The first kappa shape index (κ1) is 15.1. The van der Waals surface area contributed by atoms with Gasteiger partial charge in [-0.3, -0.25) is 4.79 Å². The summed E-state index contributed by atoms with van der Waals surface area (Å²) in [5.74, 6) is -0.416. The van der Waals surface area contributed by atoms with Crippen LogP contribution in [0.3, 0.4) is 0 Å². The average Bonchev–Trinajstić information content (AvgIpc) is 2.74. The number of primary amides is 1. The number of benzene rings is 1. The number of aromatic nitrogens is 2. The molecule has 1 amide bonds. The van der Waals surface area contributed by atoms with E-state index in [9.17, 15) is 9.90 Å². The maximum absolute atomic E-state index is 11.8. The number of para-hydroxylation sites is 1. The first-order valence-electron chi connectivity index (χ1n) is 7.44. The number of hydrogen-bond donors (Lipinski definition) is 2. The number of carbonyl (C=O) groups is 1. The molecule has 3 aromatic rings. The van der Waals surface area contributed by atoms with Gasteiger partial charge in [-0.2, -0.15) is 0 Å². The number of nitrogens with zero attached hydrogens (tertiary/aromatic N) is 2. The van der Waals surface area contributed by atoms with E-state index < -0.39 is 5.91 Å². The van der Waals surface area contributed by atoms with Gasteiger partial charge in [-0.25, -0.2) is 4.98 Å². The second-order valence-corrected chi connectivity index (χ2v) is 5.81. The molecule has 0 saturated heterocycles. The third kappa shape index (κ3) is 2.44. The van der Waals surface area contributed by atoms with Gasteiger partial charge in [0.2, 0.25) is 5.88 Å². The zero-order valence-electron chi connectivity index (χ0n) is 13.4. The summed E-state index contributed by atoms with van der Waals surface area (Å²) in [6.07, 6.45) is 0. The van der Waals surface area contributed by atoms with Gasteiger partial charge in [0.1, 0.15) is 0 Å². The Morgan fingerprint density at radius 2 is 1.96 bits per heavy atom. The van der Waals surface area contributed by atoms with Crippen LogP contribution in [-0.2, 0) is 6.54 Å². The van der Waals surface area contributed by atoms with Gasteiger partial charge in [0, 0.05) is 27.9 Å². The van der Waals surface area contributed by atoms with Crippen molar-refractivity contribution in [3.05, 3.63) is 58.4 Å². The summed E-state index contributed by atoms with van der Waals surface area (Å²) in [6.45, 7) is 6.09. The van der Waals surface area contributed by atoms with Gasteiger partial charge < -0.3 is 15.4 Å². The molecule has 0 unspecified atom stereocenters. The SMILES string of the molecule is Cc1cc(C)c(Cn2c(C)c(C(N)=O)c3ccccc32)c(O)n1. The summed E-state index contributed by atoms with van der Waals surface area (Å²) in [5.41, 5.74) is 10.3. The van der Waals surface area contributed by atoms with Gasteiger partial charge >= 0.3 is 0 Å². The third-order valence-electron chi connectivity index (χ3n) is 4.25. The molecule has 0 atom stereocenters. The predicted molar refractivity (Wildman–Crippen MR) is 89.7 cm³/mol. The number of fused-ring (bicyclic) bond motifs is 1. The zero-order chi connectivity index (χ0) is 16.7. The lowest BCUT2D eigenvalue weighted by Crippen LogP contribution is -2.13. The summed E-state index contributed by atoms with van der Waals surface area (Å²) >= 11 is 0. The Hall–Kier alpha value is -2.82. The molecule has 1 aromatic carbocycles. The molecule has 0 spiro atoms. The van der Waals surface area contributed by atoms with Crippen molar-refractivity contribution in [3.63, 3.8) is 0 Å². The largest absolute Gasteiger partial charge is 0.493 e. The van der Waals surface area contributed by atoms with E-state index in [1.165, 1.54) is 0 Å². The van der Waals surface area contributed by atoms with Crippen molar-refractivity contribution >= 4 is 16.8 Å². The van der Waals surface area contributed by atoms with Crippen LogP contribution in [0.1, 0.15) is 32.9 Å². The van der Waals surface area contributed by atoms with E-state index in [0.717, 1.165) is 33.4 Å². The molecule has 3 rings (SSSR count). The van der Waals surface area contributed by atoms with Crippen LogP contribution in [0.25, 0.3) is 10.9 Å². The van der Waals surface area contributed by atoms with E-state index in [4.69, 9.17) is 5.73 Å². The molecular weight excluding hydrogens is 290 g/mol. The first-order chi connectivity index (χ1) is 10.9. The summed E-state index contributed by atoms with van der Waals surface area (Å²) in [5, 5.41) is 11.0. The Morgan fingerprint density at radius 3 is 2.61 bits per heavy atom. The highest BCUT2D eigenvalue weighted by Gasteiger charge is 2.19. The van der Waals surface area contributed by atoms with Crippen molar-refractivity contribution in [1.29, 1.82) is 0 Å². The molecule has 23 heavy (non-hydrogen) atoms. The molecule has 5 heteroatoms. The molecule has 5 nitrogen and oxygen atoms in total. The Balaban J connectivity index is 2.22. The zero-order valence-corrected chi connectivity index (χ0v) is 13.4. The van der Waals surface area contributed by atoms with Crippen LogP contribution in [0, 0.1) is 20.8 Å². The maximum Gasteiger partial charge on any atom is 0.251 e. The molecule has 3 N–H and O–H groups in total. The minimum atomic E-state index is -0.444. The third-order valence-corrected chi connectivity index (χ3v) is 4.25. The van der Waals surface area contributed by atoms with Crippen LogP contribution in [-0.4, -0.2) is 20.6 Å². The Morgan fingerprint density at radius 1 is 1.26 bits per heavy atom. The number of carbonyl (C=O) groups excluding carboxylic acids is 1. The Labute approximate surface area is 134 Å². The highest BCUT2D eigenvalue weighted by Crippen LogP contribution is 2.29. The number of hydrogen-bond acceptors (Lipinski definition) is 3. The van der Waals surface area contributed by atoms with E-state index in [1.54, 1.807) is 0 Å². The number of aryl methyl sites for hydroxylation is 2. The van der Waals surface area contributed by atoms with E-state index in [-0.39, 0.29) is 5.88 Å². The van der Waals surface area contributed by atoms with E-state index in [2.05, 4.69) is 4.98 Å². The summed E-state index contributed by atoms with van der Waals surface area (Å²) < 4.78 is 1.99. The van der Waals surface area contributed by atoms with Crippen LogP contribution in [0.5, 0.6) is 5.88 Å². The number of pyridine rings is 1. The molecule has 0 saturated carbocycles. The first-order valence-corrected chi connectivity index (χ1v) is 7.44. The van der Waals surface area contributed by atoms with Crippen molar-refractivity contribution in [1.82, 2.24) is 9.55 Å². The van der Waals surface area contributed by atoms with Gasteiger partial charge in [0.25, 0.3) is 5.91 Å². The van der Waals surface area contributed by atoms with Crippen LogP contribution in [0.15, 0.2) is 30.3 Å². The highest BCUT2D eigenvalue weighted by atomic mass is 16.3. The molecule has 0 radical (unpaired) electrons. The fourth-order valence-corrected chi connectivity index (χ4v) is 3.14. The standard InChI is InChI=1S/C18H19N3O2/c1-10-8-11(2)20-18(23)14(10)9-21-12(3)16(17(19)22)13-6-4-5-7-15(13)21/h4-8H,9H2,1-3H3,(H2,19,22)(H,20,23). The van der Waals surface area contributed by atoms with Crippen molar-refractivity contribution in [3.8, 4) is 5.88 Å². The molecule has 0 fully saturated rings. The van der Waals surface area contributed by atoms with Crippen molar-refractivity contribution in [2.24, 2.45) is 5.73 Å². The van der Waals surface area contributed by atoms with Crippen molar-refractivity contribution in [2.75, 3.05) is 0 Å². The smallest absolute Gasteiger partial charge is 0.251 e. The summed E-state index contributed by atoms with van der Waals surface area (Å²) in [7, 11) is 0. The molecule has 0 bridgehead atoms. The van der Waals surface area contributed by atoms with Crippen LogP contribution in [0.4, 0.5) is 0 Å². The van der Waals surface area contributed by atoms with Crippen LogP contribution < -0.4 is 5.73 Å². The van der Waals surface area contributed by atoms with Crippen molar-refractivity contribution < 1.29 is 9.90 Å². The van der Waals surface area contributed by atoms with Gasteiger partial charge in [0.15, 0.2) is 0 Å².